The quantitative estimate of drug-likeness (QED) is 0.641. The molecule has 2 amide bonds. The van der Waals surface area contributed by atoms with Gasteiger partial charge in [0.2, 0.25) is 5.91 Å². The first kappa shape index (κ1) is 19.6. The number of hydrogen-bond acceptors (Lipinski definition) is 4. The van der Waals surface area contributed by atoms with Crippen LogP contribution in [0.15, 0.2) is 72.9 Å². The number of rotatable bonds is 7. The molecule has 0 aliphatic heterocycles. The second kappa shape index (κ2) is 8.78. The van der Waals surface area contributed by atoms with Gasteiger partial charge < -0.3 is 15.0 Å². The number of para-hydroxylation sites is 1. The van der Waals surface area contributed by atoms with Gasteiger partial charge in [0.1, 0.15) is 12.4 Å². The van der Waals surface area contributed by atoms with E-state index in [1.165, 1.54) is 0 Å². The molecule has 0 atom stereocenters. The summed E-state index contributed by atoms with van der Waals surface area (Å²) in [4.78, 5) is 31.2. The minimum Gasteiger partial charge on any atom is -0.487 e. The number of ether oxygens (including phenoxy) is 1. The second-order valence-corrected chi connectivity index (χ2v) is 7.28. The normalized spacial score (nSPS) is 12.8. The fourth-order valence-electron chi connectivity index (χ4n) is 3.18. The molecule has 0 saturated heterocycles. The largest absolute Gasteiger partial charge is 0.487 e. The van der Waals surface area contributed by atoms with Crippen LogP contribution in [-0.4, -0.2) is 23.8 Å². The first-order valence-electron chi connectivity index (χ1n) is 9.92. The summed E-state index contributed by atoms with van der Waals surface area (Å²) in [5.41, 5.74) is 2.50. The van der Waals surface area contributed by atoms with Crippen molar-refractivity contribution in [3.63, 3.8) is 0 Å². The number of nitrogens with one attached hydrogen (secondary N) is 1. The summed E-state index contributed by atoms with van der Waals surface area (Å²) in [6, 6.07) is 20.0. The third-order valence-electron chi connectivity index (χ3n) is 4.97. The van der Waals surface area contributed by atoms with Gasteiger partial charge in [-0.05, 0) is 49.2 Å². The number of carbonyl (C=O) groups excluding carboxylic acids is 2. The van der Waals surface area contributed by atoms with Crippen LogP contribution in [0.2, 0.25) is 0 Å². The average molecular weight is 401 g/mol. The molecule has 1 aliphatic rings. The van der Waals surface area contributed by atoms with E-state index >= 15 is 0 Å². The van der Waals surface area contributed by atoms with Gasteiger partial charge in [-0.1, -0.05) is 24.3 Å². The fourth-order valence-corrected chi connectivity index (χ4v) is 3.18. The third kappa shape index (κ3) is 4.66. The van der Waals surface area contributed by atoms with Gasteiger partial charge in [-0.25, -0.2) is 0 Å². The Kier molecular flexibility index (Phi) is 5.75. The topological polar surface area (TPSA) is 71.5 Å². The van der Waals surface area contributed by atoms with E-state index < -0.39 is 0 Å². The van der Waals surface area contributed by atoms with Crippen molar-refractivity contribution in [3.8, 4) is 5.75 Å². The summed E-state index contributed by atoms with van der Waals surface area (Å²) in [7, 11) is 1.72. The average Bonchev–Trinajstić information content (AvgIpc) is 3.63. The molecule has 30 heavy (non-hydrogen) atoms. The van der Waals surface area contributed by atoms with Crippen molar-refractivity contribution < 1.29 is 14.3 Å². The molecule has 1 aliphatic carbocycles. The molecule has 1 N–H and O–H groups in total. The summed E-state index contributed by atoms with van der Waals surface area (Å²) in [6.07, 6.45) is 3.56. The predicted octanol–water partition coefficient (Wildman–Crippen LogP) is 4.29. The number of hydrogen-bond donors (Lipinski definition) is 1. The number of amides is 2. The SMILES string of the molecule is CN(C(=O)C1CC1)c1ccccc1C(=O)Nc1cccc(OCc2ccccn2)c1. The Labute approximate surface area is 175 Å². The monoisotopic (exact) mass is 401 g/mol. The van der Waals surface area contributed by atoms with Gasteiger partial charge >= 0.3 is 0 Å². The molecule has 0 spiro atoms. The molecule has 1 aromatic heterocycles. The van der Waals surface area contributed by atoms with E-state index in [2.05, 4.69) is 10.3 Å². The van der Waals surface area contributed by atoms with Crippen molar-refractivity contribution in [3.05, 3.63) is 84.2 Å². The molecule has 152 valence electrons. The maximum atomic E-state index is 12.9. The van der Waals surface area contributed by atoms with Crippen LogP contribution in [0.3, 0.4) is 0 Å². The van der Waals surface area contributed by atoms with Gasteiger partial charge in [0, 0.05) is 30.9 Å². The Hall–Kier alpha value is -3.67. The van der Waals surface area contributed by atoms with Gasteiger partial charge in [-0.3, -0.25) is 14.6 Å². The number of anilines is 2. The molecule has 0 unspecified atom stereocenters. The van der Waals surface area contributed by atoms with E-state index in [0.717, 1.165) is 18.5 Å². The minimum atomic E-state index is -0.275. The highest BCUT2D eigenvalue weighted by atomic mass is 16.5. The van der Waals surface area contributed by atoms with Gasteiger partial charge in [-0.15, -0.1) is 0 Å². The minimum absolute atomic E-state index is 0.0557. The second-order valence-electron chi connectivity index (χ2n) is 7.28. The van der Waals surface area contributed by atoms with Crippen LogP contribution in [0.4, 0.5) is 11.4 Å². The fraction of sp³-hybridized carbons (Fsp3) is 0.208. The van der Waals surface area contributed by atoms with Crippen LogP contribution in [-0.2, 0) is 11.4 Å². The molecular weight excluding hydrogens is 378 g/mol. The molecule has 6 nitrogen and oxygen atoms in total. The highest BCUT2D eigenvalue weighted by Gasteiger charge is 2.33. The molecular formula is C24H23N3O3. The standard InChI is InChI=1S/C24H23N3O3/c1-27(24(29)17-12-13-17)22-11-3-2-10-21(22)23(28)26-18-8-6-9-20(15-18)30-16-19-7-4-5-14-25-19/h2-11,14-15,17H,12-13,16H2,1H3,(H,26,28). The van der Waals surface area contributed by atoms with Crippen molar-refractivity contribution in [1.82, 2.24) is 4.98 Å². The van der Waals surface area contributed by atoms with E-state index in [1.54, 1.807) is 48.5 Å². The zero-order valence-corrected chi connectivity index (χ0v) is 16.7. The lowest BCUT2D eigenvalue weighted by atomic mass is 10.1. The predicted molar refractivity (Wildman–Crippen MR) is 116 cm³/mol. The zero-order valence-electron chi connectivity index (χ0n) is 16.7. The van der Waals surface area contributed by atoms with Crippen LogP contribution in [0.25, 0.3) is 0 Å². The van der Waals surface area contributed by atoms with Crippen LogP contribution < -0.4 is 15.0 Å². The maximum absolute atomic E-state index is 12.9. The Balaban J connectivity index is 1.46. The number of aromatic nitrogens is 1. The Morgan fingerprint density at radius 2 is 1.87 bits per heavy atom. The van der Waals surface area contributed by atoms with Crippen LogP contribution in [0.5, 0.6) is 5.75 Å². The molecule has 4 rings (SSSR count). The van der Waals surface area contributed by atoms with E-state index in [4.69, 9.17) is 4.74 Å². The number of nitrogens with zero attached hydrogens (tertiary/aromatic N) is 2. The van der Waals surface area contributed by atoms with Gasteiger partial charge in [0.05, 0.1) is 16.9 Å². The Morgan fingerprint density at radius 3 is 2.63 bits per heavy atom. The highest BCUT2D eigenvalue weighted by Crippen LogP contribution is 2.33. The number of benzene rings is 2. The lowest BCUT2D eigenvalue weighted by Crippen LogP contribution is -2.29. The highest BCUT2D eigenvalue weighted by molar-refractivity contribution is 6.11. The van der Waals surface area contributed by atoms with E-state index in [-0.39, 0.29) is 17.7 Å². The Morgan fingerprint density at radius 1 is 1.07 bits per heavy atom. The lowest BCUT2D eigenvalue weighted by molar-refractivity contribution is -0.119. The Bertz CT molecular complexity index is 1050. The van der Waals surface area contributed by atoms with E-state index in [9.17, 15) is 9.59 Å². The molecule has 6 heteroatoms. The van der Waals surface area contributed by atoms with Crippen molar-refractivity contribution in [2.75, 3.05) is 17.3 Å². The molecule has 3 aromatic rings. The van der Waals surface area contributed by atoms with Gasteiger partial charge in [-0.2, -0.15) is 0 Å². The van der Waals surface area contributed by atoms with Crippen molar-refractivity contribution >= 4 is 23.2 Å². The molecule has 0 bridgehead atoms. The van der Waals surface area contributed by atoms with Crippen molar-refractivity contribution in [2.24, 2.45) is 5.92 Å². The number of pyridine rings is 1. The molecule has 1 heterocycles. The van der Waals surface area contributed by atoms with Crippen LogP contribution in [0.1, 0.15) is 28.9 Å². The summed E-state index contributed by atoms with van der Waals surface area (Å²) in [5, 5.41) is 2.90. The molecule has 1 saturated carbocycles. The van der Waals surface area contributed by atoms with Gasteiger partial charge in [0.15, 0.2) is 0 Å². The van der Waals surface area contributed by atoms with Crippen molar-refractivity contribution in [2.45, 2.75) is 19.4 Å². The van der Waals surface area contributed by atoms with Crippen LogP contribution in [0, 0.1) is 5.92 Å². The third-order valence-corrected chi connectivity index (χ3v) is 4.97. The van der Waals surface area contributed by atoms with E-state index in [1.807, 2.05) is 36.4 Å². The number of carbonyl (C=O) groups is 2. The smallest absolute Gasteiger partial charge is 0.257 e. The summed E-state index contributed by atoms with van der Waals surface area (Å²) >= 11 is 0. The van der Waals surface area contributed by atoms with Crippen molar-refractivity contribution in [1.29, 1.82) is 0 Å². The molecule has 0 radical (unpaired) electrons. The van der Waals surface area contributed by atoms with Crippen LogP contribution >= 0.6 is 0 Å². The van der Waals surface area contributed by atoms with Gasteiger partial charge in [0.25, 0.3) is 5.91 Å². The summed E-state index contributed by atoms with van der Waals surface area (Å²) in [5.74, 6) is 0.495. The lowest BCUT2D eigenvalue weighted by Gasteiger charge is -2.20. The summed E-state index contributed by atoms with van der Waals surface area (Å²) < 4.78 is 5.78. The first-order chi connectivity index (χ1) is 14.6. The van der Waals surface area contributed by atoms with E-state index in [0.29, 0.717) is 29.3 Å². The zero-order chi connectivity index (χ0) is 20.9. The summed E-state index contributed by atoms with van der Waals surface area (Å²) in [6.45, 7) is 0.342. The maximum Gasteiger partial charge on any atom is 0.257 e. The molecule has 2 aromatic carbocycles. The molecule has 1 fully saturated rings. The first-order valence-corrected chi connectivity index (χ1v) is 9.92.